The molecule has 0 saturated heterocycles. The van der Waals surface area contributed by atoms with Crippen LogP contribution in [-0.4, -0.2) is 23.4 Å². The molecule has 0 aromatic heterocycles. The highest BCUT2D eigenvalue weighted by atomic mass is 32.2. The van der Waals surface area contributed by atoms with Crippen molar-refractivity contribution in [2.45, 2.75) is 23.1 Å². The number of hydrogen-bond donors (Lipinski definition) is 2. The number of primary sulfonamides is 1. The maximum Gasteiger partial charge on any atom is 0.241 e. The monoisotopic (exact) mass is 304 g/mol. The van der Waals surface area contributed by atoms with Gasteiger partial charge in [0.1, 0.15) is 9.79 Å². The van der Waals surface area contributed by atoms with Gasteiger partial charge in [0, 0.05) is 6.54 Å². The Morgan fingerprint density at radius 2 is 1.74 bits per heavy atom. The van der Waals surface area contributed by atoms with Gasteiger partial charge in [0.25, 0.3) is 0 Å². The molecule has 0 atom stereocenters. The molecular weight excluding hydrogens is 288 g/mol. The second-order valence-electron chi connectivity index (χ2n) is 3.75. The van der Waals surface area contributed by atoms with Crippen molar-refractivity contribution in [1.82, 2.24) is 4.72 Å². The summed E-state index contributed by atoms with van der Waals surface area (Å²) < 4.78 is 49.0. The first-order valence-corrected chi connectivity index (χ1v) is 8.54. The van der Waals surface area contributed by atoms with Crippen LogP contribution in [-0.2, 0) is 20.0 Å². The van der Waals surface area contributed by atoms with Gasteiger partial charge >= 0.3 is 0 Å². The van der Waals surface area contributed by atoms with Crippen LogP contribution in [0, 0.1) is 0 Å². The quantitative estimate of drug-likeness (QED) is 0.592. The minimum Gasteiger partial charge on any atom is -0.225 e. The topological polar surface area (TPSA) is 106 Å². The van der Waals surface area contributed by atoms with Gasteiger partial charge in [-0.15, -0.1) is 0 Å². The smallest absolute Gasteiger partial charge is 0.225 e. The van der Waals surface area contributed by atoms with Crippen molar-refractivity contribution < 1.29 is 16.8 Å². The largest absolute Gasteiger partial charge is 0.241 e. The molecule has 0 radical (unpaired) electrons. The van der Waals surface area contributed by atoms with Crippen LogP contribution in [0.15, 0.2) is 46.2 Å². The Kier molecular flexibility index (Phi) is 5.24. The molecule has 1 rings (SSSR count). The number of rotatable bonds is 6. The lowest BCUT2D eigenvalue weighted by Gasteiger charge is -2.09. The number of hydrogen-bond acceptors (Lipinski definition) is 4. The van der Waals surface area contributed by atoms with Gasteiger partial charge in [-0.1, -0.05) is 24.3 Å². The van der Waals surface area contributed by atoms with E-state index in [1.54, 1.807) is 12.2 Å². The molecule has 19 heavy (non-hydrogen) atoms. The maximum absolute atomic E-state index is 12.0. The Morgan fingerprint density at radius 3 is 2.26 bits per heavy atom. The number of benzene rings is 1. The molecule has 1 aromatic rings. The van der Waals surface area contributed by atoms with E-state index in [2.05, 4.69) is 4.72 Å². The van der Waals surface area contributed by atoms with Crippen LogP contribution < -0.4 is 9.86 Å². The summed E-state index contributed by atoms with van der Waals surface area (Å²) in [5, 5.41) is 5.00. The fraction of sp³-hybridized carbons (Fsp3) is 0.273. The fourth-order valence-corrected chi connectivity index (χ4v) is 3.86. The third kappa shape index (κ3) is 4.43. The molecule has 3 N–H and O–H groups in total. The summed E-state index contributed by atoms with van der Waals surface area (Å²) in [6, 6.07) is 5.22. The Hall–Kier alpha value is -1.22. The maximum atomic E-state index is 12.0. The standard InChI is InChI=1S/C11H16N2O4S2/c1-2-3-6-9-13-19(16,17)11-8-5-4-7-10(11)18(12,14)15/h2-5,7-8,13H,6,9H2,1H3,(H2,12,14,15)/b3-2+. The summed E-state index contributed by atoms with van der Waals surface area (Å²) in [5.41, 5.74) is 0. The van der Waals surface area contributed by atoms with Crippen LogP contribution in [0.2, 0.25) is 0 Å². The van der Waals surface area contributed by atoms with Gasteiger partial charge in [0.15, 0.2) is 0 Å². The zero-order chi connectivity index (χ0) is 14.5. The number of nitrogens with one attached hydrogen (secondary N) is 1. The van der Waals surface area contributed by atoms with Gasteiger partial charge in [-0.25, -0.2) is 26.7 Å². The summed E-state index contributed by atoms with van der Waals surface area (Å²) in [6.07, 6.45) is 4.12. The van der Waals surface area contributed by atoms with Gasteiger partial charge in [-0.3, -0.25) is 0 Å². The lowest BCUT2D eigenvalue weighted by molar-refractivity contribution is 0.573. The van der Waals surface area contributed by atoms with Crippen molar-refractivity contribution in [2.24, 2.45) is 5.14 Å². The molecule has 0 amide bonds. The van der Waals surface area contributed by atoms with Crippen molar-refractivity contribution in [3.63, 3.8) is 0 Å². The van der Waals surface area contributed by atoms with E-state index in [1.807, 2.05) is 6.92 Å². The van der Waals surface area contributed by atoms with Crippen molar-refractivity contribution in [3.05, 3.63) is 36.4 Å². The first kappa shape index (κ1) is 15.8. The van der Waals surface area contributed by atoms with E-state index in [1.165, 1.54) is 18.2 Å². The first-order chi connectivity index (χ1) is 8.79. The summed E-state index contributed by atoms with van der Waals surface area (Å²) in [6.45, 7) is 2.01. The molecule has 0 saturated carbocycles. The Balaban J connectivity index is 3.09. The minimum atomic E-state index is -4.09. The molecule has 8 heteroatoms. The average molecular weight is 304 g/mol. The lowest BCUT2D eigenvalue weighted by Crippen LogP contribution is -2.27. The molecule has 106 valence electrons. The molecule has 0 bridgehead atoms. The molecule has 1 aromatic carbocycles. The van der Waals surface area contributed by atoms with Crippen LogP contribution >= 0.6 is 0 Å². The first-order valence-electron chi connectivity index (χ1n) is 5.51. The molecular formula is C11H16N2O4S2. The minimum absolute atomic E-state index is 0.186. The Bertz CT molecular complexity index is 664. The van der Waals surface area contributed by atoms with Crippen molar-refractivity contribution in [3.8, 4) is 0 Å². The molecule has 0 unspecified atom stereocenters. The number of nitrogens with two attached hydrogens (primary N) is 1. The normalized spacial score (nSPS) is 12.9. The third-order valence-corrected chi connectivity index (χ3v) is 4.90. The molecule has 6 nitrogen and oxygen atoms in total. The van der Waals surface area contributed by atoms with Gasteiger partial charge in [-0.2, -0.15) is 0 Å². The van der Waals surface area contributed by atoms with Crippen LogP contribution in [0.1, 0.15) is 13.3 Å². The van der Waals surface area contributed by atoms with Crippen LogP contribution in [0.5, 0.6) is 0 Å². The fourth-order valence-electron chi connectivity index (χ4n) is 1.43. The second-order valence-corrected chi connectivity index (χ2v) is 7.01. The lowest BCUT2D eigenvalue weighted by atomic mass is 10.4. The van der Waals surface area contributed by atoms with Crippen LogP contribution in [0.3, 0.4) is 0 Å². The van der Waals surface area contributed by atoms with Crippen LogP contribution in [0.25, 0.3) is 0 Å². The predicted molar refractivity (Wildman–Crippen MR) is 72.4 cm³/mol. The van der Waals surface area contributed by atoms with Gasteiger partial charge < -0.3 is 0 Å². The predicted octanol–water partition coefficient (Wildman–Crippen LogP) is 0.579. The third-order valence-electron chi connectivity index (χ3n) is 2.28. The zero-order valence-electron chi connectivity index (χ0n) is 10.4. The van der Waals surface area contributed by atoms with E-state index in [0.29, 0.717) is 6.42 Å². The molecule has 0 fully saturated rings. The van der Waals surface area contributed by atoms with Gasteiger partial charge in [0.2, 0.25) is 20.0 Å². The van der Waals surface area contributed by atoms with Crippen molar-refractivity contribution >= 4 is 20.0 Å². The molecule has 0 spiro atoms. The van der Waals surface area contributed by atoms with E-state index in [-0.39, 0.29) is 11.4 Å². The van der Waals surface area contributed by atoms with E-state index < -0.39 is 24.9 Å². The van der Waals surface area contributed by atoms with Crippen molar-refractivity contribution in [2.75, 3.05) is 6.54 Å². The number of sulfonamides is 2. The highest BCUT2D eigenvalue weighted by Crippen LogP contribution is 2.18. The van der Waals surface area contributed by atoms with Gasteiger partial charge in [-0.05, 0) is 25.5 Å². The van der Waals surface area contributed by atoms with Crippen molar-refractivity contribution in [1.29, 1.82) is 0 Å². The van der Waals surface area contributed by atoms with E-state index >= 15 is 0 Å². The highest BCUT2D eigenvalue weighted by molar-refractivity contribution is 7.92. The molecule has 0 aliphatic carbocycles. The Labute approximate surface area is 113 Å². The SMILES string of the molecule is C/C=C/CCNS(=O)(=O)c1ccccc1S(N)(=O)=O. The zero-order valence-corrected chi connectivity index (χ0v) is 12.0. The Morgan fingerprint density at radius 1 is 1.16 bits per heavy atom. The second kappa shape index (κ2) is 6.29. The van der Waals surface area contributed by atoms with E-state index in [4.69, 9.17) is 5.14 Å². The summed E-state index contributed by atoms with van der Waals surface area (Å²) in [4.78, 5) is -0.744. The highest BCUT2D eigenvalue weighted by Gasteiger charge is 2.23. The summed E-state index contributed by atoms with van der Waals surface area (Å²) in [7, 11) is -7.98. The number of allylic oxidation sites excluding steroid dienone is 1. The molecule has 0 aliphatic heterocycles. The molecule has 0 aliphatic rings. The molecule has 0 heterocycles. The van der Waals surface area contributed by atoms with Crippen LogP contribution in [0.4, 0.5) is 0 Å². The summed E-state index contributed by atoms with van der Waals surface area (Å²) >= 11 is 0. The van der Waals surface area contributed by atoms with Gasteiger partial charge in [0.05, 0.1) is 0 Å². The summed E-state index contributed by atoms with van der Waals surface area (Å²) in [5.74, 6) is 0. The van der Waals surface area contributed by atoms with E-state index in [9.17, 15) is 16.8 Å². The average Bonchev–Trinajstić information content (AvgIpc) is 2.34. The van der Waals surface area contributed by atoms with E-state index in [0.717, 1.165) is 6.07 Å².